The van der Waals surface area contributed by atoms with Crippen LogP contribution in [0, 0.1) is 11.8 Å². The molecule has 0 spiro atoms. The first kappa shape index (κ1) is 19.5. The molecule has 3 amide bonds. The van der Waals surface area contributed by atoms with Gasteiger partial charge in [0, 0.05) is 24.2 Å². The predicted molar refractivity (Wildman–Crippen MR) is 115 cm³/mol. The van der Waals surface area contributed by atoms with Crippen molar-refractivity contribution in [3.63, 3.8) is 0 Å². The lowest BCUT2D eigenvalue weighted by molar-refractivity contribution is -0.140. The van der Waals surface area contributed by atoms with Crippen LogP contribution in [0.5, 0.6) is 0 Å². The molecule has 2 aliphatic rings. The predicted octanol–water partition coefficient (Wildman–Crippen LogP) is 4.00. The summed E-state index contributed by atoms with van der Waals surface area (Å²) in [6.45, 7) is 0.136. The van der Waals surface area contributed by atoms with E-state index in [-0.39, 0.29) is 42.5 Å². The number of hydrogen-bond donors (Lipinski definition) is 1. The first-order chi connectivity index (χ1) is 15.1. The number of oxazole rings is 1. The van der Waals surface area contributed by atoms with Crippen molar-refractivity contribution in [2.24, 2.45) is 11.8 Å². The van der Waals surface area contributed by atoms with Crippen molar-refractivity contribution >= 4 is 34.5 Å². The SMILES string of the molecule is O=C(CCN1C(=O)C2CCCCC2C1=O)Nc1ccc(-c2nc3ccccc3o2)cc1. The van der Waals surface area contributed by atoms with Crippen LogP contribution in [-0.2, 0) is 14.4 Å². The van der Waals surface area contributed by atoms with Gasteiger partial charge in [-0.1, -0.05) is 25.0 Å². The van der Waals surface area contributed by atoms with Gasteiger partial charge in [0.1, 0.15) is 5.52 Å². The molecule has 1 saturated heterocycles. The molecule has 1 aromatic heterocycles. The number of imide groups is 1. The van der Waals surface area contributed by atoms with Crippen molar-refractivity contribution in [1.82, 2.24) is 9.88 Å². The summed E-state index contributed by atoms with van der Waals surface area (Å²) in [5, 5.41) is 2.82. The van der Waals surface area contributed by atoms with E-state index in [0.29, 0.717) is 11.6 Å². The fraction of sp³-hybridized carbons (Fsp3) is 0.333. The van der Waals surface area contributed by atoms with Gasteiger partial charge in [0.2, 0.25) is 23.6 Å². The van der Waals surface area contributed by atoms with E-state index < -0.39 is 0 Å². The third-order valence-corrected chi connectivity index (χ3v) is 6.20. The topological polar surface area (TPSA) is 92.5 Å². The Morgan fingerprint density at radius 1 is 1.00 bits per heavy atom. The molecule has 2 fully saturated rings. The molecular weight excluding hydrogens is 394 g/mol. The minimum Gasteiger partial charge on any atom is -0.436 e. The Morgan fingerprint density at radius 2 is 1.68 bits per heavy atom. The highest BCUT2D eigenvalue weighted by atomic mass is 16.3. The molecule has 3 aromatic rings. The second kappa shape index (κ2) is 7.98. The minimum atomic E-state index is -0.231. The summed E-state index contributed by atoms with van der Waals surface area (Å²) >= 11 is 0. The first-order valence-electron chi connectivity index (χ1n) is 10.7. The van der Waals surface area contributed by atoms with Gasteiger partial charge in [-0.25, -0.2) is 4.98 Å². The molecule has 1 aliphatic heterocycles. The molecule has 7 heteroatoms. The molecule has 1 aliphatic carbocycles. The summed E-state index contributed by atoms with van der Waals surface area (Å²) in [5.74, 6) is -0.278. The average Bonchev–Trinajstić information content (AvgIpc) is 3.33. The number of hydrogen-bond acceptors (Lipinski definition) is 5. The fourth-order valence-corrected chi connectivity index (χ4v) is 4.58. The van der Waals surface area contributed by atoms with Crippen LogP contribution in [0.1, 0.15) is 32.1 Å². The van der Waals surface area contributed by atoms with E-state index in [1.54, 1.807) is 12.1 Å². The first-order valence-corrected chi connectivity index (χ1v) is 10.7. The highest BCUT2D eigenvalue weighted by molar-refractivity contribution is 6.05. The summed E-state index contributed by atoms with van der Waals surface area (Å²) in [6, 6.07) is 14.8. The van der Waals surface area contributed by atoms with Crippen LogP contribution in [-0.4, -0.2) is 34.2 Å². The molecule has 1 N–H and O–H groups in total. The zero-order valence-electron chi connectivity index (χ0n) is 17.0. The van der Waals surface area contributed by atoms with Gasteiger partial charge >= 0.3 is 0 Å². The van der Waals surface area contributed by atoms with E-state index in [1.165, 1.54) is 4.90 Å². The van der Waals surface area contributed by atoms with E-state index in [4.69, 9.17) is 4.42 Å². The molecule has 1 saturated carbocycles. The molecule has 0 bridgehead atoms. The number of amides is 3. The van der Waals surface area contributed by atoms with E-state index in [1.807, 2.05) is 36.4 Å². The molecule has 2 atom stereocenters. The zero-order chi connectivity index (χ0) is 21.4. The van der Waals surface area contributed by atoms with E-state index in [9.17, 15) is 14.4 Å². The highest BCUT2D eigenvalue weighted by Crippen LogP contribution is 2.38. The Labute approximate surface area is 179 Å². The molecule has 2 aromatic carbocycles. The maximum absolute atomic E-state index is 12.5. The Morgan fingerprint density at radius 3 is 2.35 bits per heavy atom. The number of likely N-dealkylation sites (tertiary alicyclic amines) is 1. The van der Waals surface area contributed by atoms with Crippen LogP contribution in [0.3, 0.4) is 0 Å². The molecule has 7 nitrogen and oxygen atoms in total. The van der Waals surface area contributed by atoms with Crippen LogP contribution in [0.4, 0.5) is 5.69 Å². The highest BCUT2D eigenvalue weighted by Gasteiger charge is 2.47. The van der Waals surface area contributed by atoms with E-state index in [0.717, 1.165) is 42.3 Å². The lowest BCUT2D eigenvalue weighted by Gasteiger charge is -2.19. The Balaban J connectivity index is 1.19. The lowest BCUT2D eigenvalue weighted by Crippen LogP contribution is -2.34. The number of nitrogens with one attached hydrogen (secondary N) is 1. The summed E-state index contributed by atoms with van der Waals surface area (Å²) < 4.78 is 5.76. The van der Waals surface area contributed by atoms with Crippen molar-refractivity contribution in [3.05, 3.63) is 48.5 Å². The zero-order valence-corrected chi connectivity index (χ0v) is 17.0. The standard InChI is InChI=1S/C24H23N3O4/c28-21(13-14-27-23(29)17-5-1-2-6-18(17)24(27)30)25-16-11-9-15(10-12-16)22-26-19-7-3-4-8-20(19)31-22/h3-4,7-12,17-18H,1-2,5-6,13-14H2,(H,25,28). The number of carbonyl (C=O) groups excluding carboxylic acids is 3. The molecular formula is C24H23N3O4. The van der Waals surface area contributed by atoms with Crippen molar-refractivity contribution in [1.29, 1.82) is 0 Å². The van der Waals surface area contributed by atoms with Gasteiger partial charge in [-0.3, -0.25) is 19.3 Å². The van der Waals surface area contributed by atoms with Crippen molar-refractivity contribution < 1.29 is 18.8 Å². The number of rotatable bonds is 5. The van der Waals surface area contributed by atoms with Crippen LogP contribution in [0.25, 0.3) is 22.6 Å². The molecule has 0 radical (unpaired) electrons. The smallest absolute Gasteiger partial charge is 0.233 e. The van der Waals surface area contributed by atoms with Crippen LogP contribution in [0.2, 0.25) is 0 Å². The molecule has 5 rings (SSSR count). The van der Waals surface area contributed by atoms with E-state index >= 15 is 0 Å². The van der Waals surface area contributed by atoms with Gasteiger partial charge in [-0.2, -0.15) is 0 Å². The number of anilines is 1. The summed E-state index contributed by atoms with van der Waals surface area (Å²) in [4.78, 5) is 43.2. The summed E-state index contributed by atoms with van der Waals surface area (Å²) in [6.07, 6.45) is 3.64. The van der Waals surface area contributed by atoms with Gasteiger partial charge in [0.25, 0.3) is 0 Å². The van der Waals surface area contributed by atoms with Crippen molar-refractivity contribution in [2.75, 3.05) is 11.9 Å². The Bertz CT molecular complexity index is 1090. The summed E-state index contributed by atoms with van der Waals surface area (Å²) in [7, 11) is 0. The largest absolute Gasteiger partial charge is 0.436 e. The lowest BCUT2D eigenvalue weighted by atomic mass is 9.81. The third kappa shape index (κ3) is 3.71. The van der Waals surface area contributed by atoms with Crippen LogP contribution in [0.15, 0.2) is 52.9 Å². The minimum absolute atomic E-state index is 0.0871. The second-order valence-electron chi connectivity index (χ2n) is 8.19. The monoisotopic (exact) mass is 417 g/mol. The van der Waals surface area contributed by atoms with E-state index in [2.05, 4.69) is 10.3 Å². The van der Waals surface area contributed by atoms with Crippen LogP contribution >= 0.6 is 0 Å². The second-order valence-corrected chi connectivity index (χ2v) is 8.19. The fourth-order valence-electron chi connectivity index (χ4n) is 4.58. The van der Waals surface area contributed by atoms with Crippen molar-refractivity contribution in [2.45, 2.75) is 32.1 Å². The molecule has 2 unspecified atom stereocenters. The van der Waals surface area contributed by atoms with Gasteiger partial charge in [-0.05, 0) is 49.2 Å². The normalized spacial score (nSPS) is 20.8. The number of carbonyl (C=O) groups is 3. The maximum atomic E-state index is 12.5. The van der Waals surface area contributed by atoms with Gasteiger partial charge in [0.15, 0.2) is 5.58 Å². The van der Waals surface area contributed by atoms with Gasteiger partial charge in [0.05, 0.1) is 11.8 Å². The maximum Gasteiger partial charge on any atom is 0.233 e. The summed E-state index contributed by atoms with van der Waals surface area (Å²) in [5.41, 5.74) is 2.96. The van der Waals surface area contributed by atoms with Gasteiger partial charge in [-0.15, -0.1) is 0 Å². The molecule has 158 valence electrons. The number of fused-ring (bicyclic) bond motifs is 2. The number of para-hydroxylation sites is 2. The van der Waals surface area contributed by atoms with Crippen LogP contribution < -0.4 is 5.32 Å². The van der Waals surface area contributed by atoms with Gasteiger partial charge < -0.3 is 9.73 Å². The number of nitrogens with zero attached hydrogens (tertiary/aromatic N) is 2. The quantitative estimate of drug-likeness (QED) is 0.634. The molecule has 31 heavy (non-hydrogen) atoms. The third-order valence-electron chi connectivity index (χ3n) is 6.20. The average molecular weight is 417 g/mol. The molecule has 2 heterocycles. The Kier molecular flexibility index (Phi) is 5.02. The number of benzene rings is 2. The number of aromatic nitrogens is 1. The van der Waals surface area contributed by atoms with Crippen molar-refractivity contribution in [3.8, 4) is 11.5 Å². The Hall–Kier alpha value is -3.48.